The van der Waals surface area contributed by atoms with Crippen LogP contribution in [0.3, 0.4) is 0 Å². The van der Waals surface area contributed by atoms with E-state index in [1.807, 2.05) is 18.2 Å². The van der Waals surface area contributed by atoms with Crippen molar-refractivity contribution in [3.63, 3.8) is 0 Å². The third-order valence-electron chi connectivity index (χ3n) is 3.63. The van der Waals surface area contributed by atoms with Crippen molar-refractivity contribution in [2.24, 2.45) is 0 Å². The van der Waals surface area contributed by atoms with Gasteiger partial charge in [-0.25, -0.2) is 5.43 Å². The van der Waals surface area contributed by atoms with Crippen LogP contribution in [0.2, 0.25) is 5.02 Å². The Morgan fingerprint density at radius 3 is 2.74 bits per heavy atom. The lowest BCUT2D eigenvalue weighted by Gasteiger charge is -2.26. The number of nitrogens with zero attached hydrogens (tertiary/aromatic N) is 1. The van der Waals surface area contributed by atoms with Crippen molar-refractivity contribution in [2.75, 3.05) is 11.6 Å². The molecule has 0 spiro atoms. The van der Waals surface area contributed by atoms with Crippen molar-refractivity contribution in [1.29, 1.82) is 0 Å². The Bertz CT molecular complexity index is 568. The highest BCUT2D eigenvalue weighted by Gasteiger charge is 2.21. The maximum atomic E-state index is 6.18. The van der Waals surface area contributed by atoms with E-state index >= 15 is 0 Å². The average Bonchev–Trinajstić information content (AvgIpc) is 2.59. The molecule has 1 unspecified atom stereocenters. The molecule has 1 aliphatic heterocycles. The molecule has 1 N–H and O–H groups in total. The van der Waals surface area contributed by atoms with Gasteiger partial charge in [0, 0.05) is 11.6 Å². The fourth-order valence-electron chi connectivity index (χ4n) is 2.57. The summed E-state index contributed by atoms with van der Waals surface area (Å²) in [5, 5.41) is 2.92. The summed E-state index contributed by atoms with van der Waals surface area (Å²) in [5.74, 6) is 0.536. The summed E-state index contributed by atoms with van der Waals surface area (Å²) in [6.07, 6.45) is 1.12. The number of para-hydroxylation sites is 1. The van der Waals surface area contributed by atoms with Crippen LogP contribution in [0.5, 0.6) is 0 Å². The molecule has 1 atom stereocenters. The second-order valence-corrected chi connectivity index (χ2v) is 5.41. The number of nitrogens with one attached hydrogen (secondary N) is 1. The number of halogens is 1. The topological polar surface area (TPSA) is 15.3 Å². The molecular weight excluding hydrogens is 256 g/mol. The summed E-state index contributed by atoms with van der Waals surface area (Å²) >= 11 is 6.18. The van der Waals surface area contributed by atoms with Crippen molar-refractivity contribution >= 4 is 23.0 Å². The molecule has 0 saturated carbocycles. The molecular formula is C16H17ClN2. The molecule has 0 fully saturated rings. The fraction of sp³-hybridized carbons (Fsp3) is 0.250. The van der Waals surface area contributed by atoms with Crippen LogP contribution in [-0.2, 0) is 0 Å². The lowest BCUT2D eigenvalue weighted by molar-refractivity contribution is 0.630. The molecule has 2 aromatic rings. The van der Waals surface area contributed by atoms with Gasteiger partial charge in [0.25, 0.3) is 0 Å². The van der Waals surface area contributed by atoms with Gasteiger partial charge < -0.3 is 0 Å². The number of anilines is 2. The molecule has 0 amide bonds. The minimum atomic E-state index is 0.536. The molecule has 3 rings (SSSR count). The second-order valence-electron chi connectivity index (χ2n) is 4.97. The van der Waals surface area contributed by atoms with Gasteiger partial charge in [-0.2, -0.15) is 0 Å². The summed E-state index contributed by atoms with van der Waals surface area (Å²) < 4.78 is 0. The van der Waals surface area contributed by atoms with Crippen molar-refractivity contribution in [3.8, 4) is 0 Å². The minimum absolute atomic E-state index is 0.536. The molecule has 1 aliphatic rings. The molecule has 0 aromatic heterocycles. The average molecular weight is 273 g/mol. The molecule has 2 nitrogen and oxygen atoms in total. The van der Waals surface area contributed by atoms with Gasteiger partial charge >= 0.3 is 0 Å². The highest BCUT2D eigenvalue weighted by atomic mass is 35.5. The molecule has 3 heteroatoms. The van der Waals surface area contributed by atoms with Gasteiger partial charge in [0.1, 0.15) is 0 Å². The predicted molar refractivity (Wildman–Crippen MR) is 81.1 cm³/mol. The molecule has 0 bridgehead atoms. The van der Waals surface area contributed by atoms with Gasteiger partial charge in [-0.1, -0.05) is 42.8 Å². The van der Waals surface area contributed by atoms with Crippen molar-refractivity contribution in [3.05, 3.63) is 59.1 Å². The van der Waals surface area contributed by atoms with Gasteiger partial charge in [0.15, 0.2) is 0 Å². The Labute approximate surface area is 119 Å². The lowest BCUT2D eigenvalue weighted by Crippen LogP contribution is -2.33. The first-order valence-electron chi connectivity index (χ1n) is 6.64. The van der Waals surface area contributed by atoms with Crippen molar-refractivity contribution < 1.29 is 0 Å². The maximum absolute atomic E-state index is 6.18. The first kappa shape index (κ1) is 12.5. The smallest absolute Gasteiger partial charge is 0.0627 e. The van der Waals surface area contributed by atoms with Crippen molar-refractivity contribution in [1.82, 2.24) is 5.43 Å². The lowest BCUT2D eigenvalue weighted by atomic mass is 9.96. The molecule has 0 aliphatic carbocycles. The van der Waals surface area contributed by atoms with Crippen LogP contribution in [0.1, 0.15) is 24.8 Å². The van der Waals surface area contributed by atoms with E-state index < -0.39 is 0 Å². The Hall–Kier alpha value is -1.51. The van der Waals surface area contributed by atoms with Crippen LogP contribution in [-0.4, -0.2) is 6.54 Å². The Balaban J connectivity index is 2.12. The quantitative estimate of drug-likeness (QED) is 0.823. The first-order chi connectivity index (χ1) is 9.25. The van der Waals surface area contributed by atoms with Gasteiger partial charge in [-0.05, 0) is 42.2 Å². The highest BCUT2D eigenvalue weighted by Crippen LogP contribution is 2.36. The van der Waals surface area contributed by atoms with E-state index in [0.717, 1.165) is 29.4 Å². The summed E-state index contributed by atoms with van der Waals surface area (Å²) in [6.45, 7) is 3.23. The van der Waals surface area contributed by atoms with Crippen LogP contribution >= 0.6 is 11.6 Å². The van der Waals surface area contributed by atoms with E-state index in [1.54, 1.807) is 0 Å². The van der Waals surface area contributed by atoms with E-state index in [9.17, 15) is 0 Å². The molecule has 2 aromatic carbocycles. The number of hydrogen-bond acceptors (Lipinski definition) is 2. The van der Waals surface area contributed by atoms with Crippen molar-refractivity contribution in [2.45, 2.75) is 19.3 Å². The summed E-state index contributed by atoms with van der Waals surface area (Å²) in [5.41, 5.74) is 7.13. The monoisotopic (exact) mass is 272 g/mol. The standard InChI is InChI=1S/C16H17ClN2/c1-12-9-10-18-19(14-5-3-2-4-6-14)16-11-13(17)7-8-15(12)16/h2-8,11-12,18H,9-10H2,1H3. The summed E-state index contributed by atoms with van der Waals surface area (Å²) in [6, 6.07) is 16.5. The Kier molecular flexibility index (Phi) is 3.45. The Morgan fingerprint density at radius 1 is 1.16 bits per heavy atom. The number of benzene rings is 2. The number of hydrogen-bond donors (Lipinski definition) is 1. The largest absolute Gasteiger partial charge is 0.277 e. The van der Waals surface area contributed by atoms with E-state index in [-0.39, 0.29) is 0 Å². The first-order valence-corrected chi connectivity index (χ1v) is 7.01. The molecule has 19 heavy (non-hydrogen) atoms. The summed E-state index contributed by atoms with van der Waals surface area (Å²) in [4.78, 5) is 0. The van der Waals surface area contributed by atoms with Gasteiger partial charge in [0.05, 0.1) is 11.4 Å². The van der Waals surface area contributed by atoms with Gasteiger partial charge in [-0.15, -0.1) is 0 Å². The SMILES string of the molecule is CC1CCNN(c2ccccc2)c2cc(Cl)ccc21. The van der Waals surface area contributed by atoms with Gasteiger partial charge in [-0.3, -0.25) is 5.01 Å². The van der Waals surface area contributed by atoms with Crippen LogP contribution in [0.25, 0.3) is 0 Å². The van der Waals surface area contributed by atoms with Crippen LogP contribution in [0.4, 0.5) is 11.4 Å². The van der Waals surface area contributed by atoms with E-state index in [4.69, 9.17) is 11.6 Å². The zero-order valence-electron chi connectivity index (χ0n) is 10.9. The molecule has 0 saturated heterocycles. The predicted octanol–water partition coefficient (Wildman–Crippen LogP) is 4.49. The van der Waals surface area contributed by atoms with Crippen LogP contribution < -0.4 is 10.4 Å². The fourth-order valence-corrected chi connectivity index (χ4v) is 2.73. The maximum Gasteiger partial charge on any atom is 0.0627 e. The highest BCUT2D eigenvalue weighted by molar-refractivity contribution is 6.30. The number of rotatable bonds is 1. The van der Waals surface area contributed by atoms with E-state index in [2.05, 4.69) is 47.7 Å². The zero-order valence-corrected chi connectivity index (χ0v) is 11.7. The van der Waals surface area contributed by atoms with Crippen LogP contribution in [0, 0.1) is 0 Å². The third-order valence-corrected chi connectivity index (χ3v) is 3.86. The Morgan fingerprint density at radius 2 is 1.95 bits per heavy atom. The van der Waals surface area contributed by atoms with Crippen LogP contribution in [0.15, 0.2) is 48.5 Å². The second kappa shape index (κ2) is 5.24. The van der Waals surface area contributed by atoms with Gasteiger partial charge in [0.2, 0.25) is 0 Å². The molecule has 0 radical (unpaired) electrons. The molecule has 1 heterocycles. The normalized spacial score (nSPS) is 18.8. The minimum Gasteiger partial charge on any atom is -0.277 e. The zero-order chi connectivity index (χ0) is 13.2. The number of hydrazine groups is 1. The third kappa shape index (κ3) is 2.46. The molecule has 98 valence electrons. The van der Waals surface area contributed by atoms with E-state index in [0.29, 0.717) is 5.92 Å². The summed E-state index contributed by atoms with van der Waals surface area (Å²) in [7, 11) is 0. The number of fused-ring (bicyclic) bond motifs is 1. The van der Waals surface area contributed by atoms with E-state index in [1.165, 1.54) is 5.56 Å².